The fourth-order valence-electron chi connectivity index (χ4n) is 3.01. The van der Waals surface area contributed by atoms with Gasteiger partial charge in [-0.3, -0.25) is 8.78 Å². The van der Waals surface area contributed by atoms with Crippen LogP contribution in [0.1, 0.15) is 17.0 Å². The number of benzene rings is 3. The van der Waals surface area contributed by atoms with Crippen molar-refractivity contribution in [1.82, 2.24) is 14.8 Å². The number of nitrogens with zero attached hydrogens (tertiary/aromatic N) is 3. The van der Waals surface area contributed by atoms with Gasteiger partial charge in [0.15, 0.2) is 11.0 Å². The number of para-hydroxylation sites is 1. The maximum atomic E-state index is 12.9. The first-order chi connectivity index (χ1) is 15.1. The van der Waals surface area contributed by atoms with E-state index < -0.39 is 10.8 Å². The van der Waals surface area contributed by atoms with Gasteiger partial charge in [0.1, 0.15) is 0 Å². The molecule has 0 saturated heterocycles. The van der Waals surface area contributed by atoms with Crippen molar-refractivity contribution in [3.8, 4) is 5.69 Å². The molecule has 1 aromatic heterocycles. The van der Waals surface area contributed by atoms with Crippen LogP contribution in [0.5, 0.6) is 0 Å². The van der Waals surface area contributed by atoms with Gasteiger partial charge in [-0.2, -0.15) is 0 Å². The highest BCUT2D eigenvalue weighted by Gasteiger charge is 2.17. The van der Waals surface area contributed by atoms with Gasteiger partial charge >= 0.3 is 0 Å². The third-order valence-corrected chi connectivity index (χ3v) is 7.54. The lowest BCUT2D eigenvalue weighted by Gasteiger charge is -2.10. The summed E-state index contributed by atoms with van der Waals surface area (Å²) in [6.07, 6.45) is 0. The normalized spacial score (nSPS) is 12.1. The van der Waals surface area contributed by atoms with Crippen LogP contribution in [0.4, 0.5) is 0 Å². The van der Waals surface area contributed by atoms with E-state index in [1.54, 1.807) is 11.8 Å². The molecule has 0 aliphatic carbocycles. The average molecular weight is 533 g/mol. The van der Waals surface area contributed by atoms with E-state index in [9.17, 15) is 4.21 Å². The summed E-state index contributed by atoms with van der Waals surface area (Å²) < 4.78 is 15.9. The summed E-state index contributed by atoms with van der Waals surface area (Å²) in [6, 6.07) is 25.6. The molecular weight excluding hydrogens is 514 g/mol. The third-order valence-electron chi connectivity index (χ3n) is 4.53. The molecule has 158 valence electrons. The molecule has 0 unspecified atom stereocenters. The van der Waals surface area contributed by atoms with E-state index >= 15 is 0 Å². The van der Waals surface area contributed by atoms with Gasteiger partial charge in [0, 0.05) is 37.5 Å². The van der Waals surface area contributed by atoms with Gasteiger partial charge in [-0.25, -0.2) is 0 Å². The molecule has 0 radical (unpaired) electrons. The molecule has 4 aromatic rings. The Bertz CT molecular complexity index is 1170. The van der Waals surface area contributed by atoms with Crippen molar-refractivity contribution < 1.29 is 4.21 Å². The van der Waals surface area contributed by atoms with Crippen molar-refractivity contribution in [2.24, 2.45) is 0 Å². The Morgan fingerprint density at radius 2 is 1.55 bits per heavy atom. The molecule has 1 heterocycles. The fourth-order valence-corrected chi connectivity index (χ4v) is 5.47. The van der Waals surface area contributed by atoms with Crippen molar-refractivity contribution in [1.29, 1.82) is 0 Å². The van der Waals surface area contributed by atoms with Crippen LogP contribution in [-0.2, 0) is 28.1 Å². The van der Waals surface area contributed by atoms with Gasteiger partial charge < -0.3 is 0 Å². The molecule has 0 aliphatic heterocycles. The number of thioether (sulfide) groups is 1. The molecule has 31 heavy (non-hydrogen) atoms. The number of aromatic nitrogens is 3. The number of rotatable bonds is 8. The third kappa shape index (κ3) is 6.07. The van der Waals surface area contributed by atoms with Gasteiger partial charge in [0.2, 0.25) is 0 Å². The maximum absolute atomic E-state index is 12.9. The Balaban J connectivity index is 1.54. The second-order valence-corrected chi connectivity index (χ2v) is 10.6. The molecule has 1 atom stereocenters. The Morgan fingerprint density at radius 3 is 2.26 bits per heavy atom. The first-order valence-corrected chi connectivity index (χ1v) is 13.2. The second kappa shape index (κ2) is 10.6. The monoisotopic (exact) mass is 531 g/mol. The van der Waals surface area contributed by atoms with E-state index in [2.05, 4.69) is 26.1 Å². The molecule has 0 spiro atoms. The average Bonchev–Trinajstić information content (AvgIpc) is 3.17. The lowest BCUT2D eigenvalue weighted by Crippen LogP contribution is -2.07. The van der Waals surface area contributed by atoms with E-state index in [1.807, 2.05) is 83.4 Å². The molecule has 8 heteroatoms. The van der Waals surface area contributed by atoms with Crippen molar-refractivity contribution in [2.45, 2.75) is 22.4 Å². The molecule has 0 fully saturated rings. The molecule has 0 aliphatic rings. The molecule has 0 saturated carbocycles. The van der Waals surface area contributed by atoms with E-state index in [0.717, 1.165) is 37.2 Å². The van der Waals surface area contributed by atoms with Gasteiger partial charge in [0.25, 0.3) is 0 Å². The van der Waals surface area contributed by atoms with Crippen molar-refractivity contribution in [3.63, 3.8) is 0 Å². The second-order valence-electron chi connectivity index (χ2n) is 6.84. The quantitative estimate of drug-likeness (QED) is 0.246. The van der Waals surface area contributed by atoms with Crippen molar-refractivity contribution in [3.05, 3.63) is 105 Å². The zero-order valence-electron chi connectivity index (χ0n) is 16.4. The standard InChI is InChI=1S/C23H19BrClN3OS2/c24-19-10-6-18(7-11-19)15-31(29)16-22-26-27-23(28(22)21-4-2-1-3-5-21)30-14-17-8-12-20(25)13-9-17/h1-13H,14-16H2/t31-/m0/s1. The minimum atomic E-state index is -1.10. The van der Waals surface area contributed by atoms with E-state index in [4.69, 9.17) is 11.6 Å². The summed E-state index contributed by atoms with van der Waals surface area (Å²) in [7, 11) is -1.10. The minimum Gasteiger partial charge on any atom is -0.273 e. The summed E-state index contributed by atoms with van der Waals surface area (Å²) in [5.41, 5.74) is 3.14. The van der Waals surface area contributed by atoms with Gasteiger partial charge in [-0.05, 0) is 47.5 Å². The van der Waals surface area contributed by atoms with E-state index in [0.29, 0.717) is 17.3 Å². The molecule has 0 amide bonds. The summed E-state index contributed by atoms with van der Waals surface area (Å²) in [4.78, 5) is 0. The zero-order valence-corrected chi connectivity index (χ0v) is 20.4. The van der Waals surface area contributed by atoms with Gasteiger partial charge in [0.05, 0.1) is 5.75 Å². The Morgan fingerprint density at radius 1 is 0.871 bits per heavy atom. The van der Waals surface area contributed by atoms with Crippen LogP contribution in [0.2, 0.25) is 5.02 Å². The topological polar surface area (TPSA) is 47.8 Å². The number of hydrogen-bond donors (Lipinski definition) is 0. The smallest absolute Gasteiger partial charge is 0.196 e. The largest absolute Gasteiger partial charge is 0.273 e. The maximum Gasteiger partial charge on any atom is 0.196 e. The first-order valence-electron chi connectivity index (χ1n) is 9.55. The van der Waals surface area contributed by atoms with Crippen LogP contribution in [0.25, 0.3) is 5.69 Å². The van der Waals surface area contributed by atoms with Crippen LogP contribution in [0.3, 0.4) is 0 Å². The minimum absolute atomic E-state index is 0.333. The van der Waals surface area contributed by atoms with Crippen LogP contribution >= 0.6 is 39.3 Å². The Hall–Kier alpha value is -1.93. The Labute approximate surface area is 201 Å². The fraction of sp³-hybridized carbons (Fsp3) is 0.130. The summed E-state index contributed by atoms with van der Waals surface area (Å²) in [6.45, 7) is 0. The SMILES string of the molecule is O=[S@@](Cc1ccc(Br)cc1)Cc1nnc(SCc2ccc(Cl)cc2)n1-c1ccccc1. The van der Waals surface area contributed by atoms with Crippen LogP contribution < -0.4 is 0 Å². The zero-order chi connectivity index (χ0) is 21.6. The first kappa shape index (κ1) is 22.3. The molecule has 4 rings (SSSR count). The summed E-state index contributed by atoms with van der Waals surface area (Å²) in [5, 5.41) is 10.3. The molecular formula is C23H19BrClN3OS2. The predicted octanol–water partition coefficient (Wildman–Crippen LogP) is 6.42. The summed E-state index contributed by atoms with van der Waals surface area (Å²) >= 11 is 11.0. The number of hydrogen-bond acceptors (Lipinski definition) is 4. The summed E-state index contributed by atoms with van der Waals surface area (Å²) in [5.74, 6) is 2.24. The Kier molecular flexibility index (Phi) is 7.61. The highest BCUT2D eigenvalue weighted by Crippen LogP contribution is 2.26. The van der Waals surface area contributed by atoms with Gasteiger partial charge in [-0.15, -0.1) is 10.2 Å². The van der Waals surface area contributed by atoms with Crippen LogP contribution in [0, 0.1) is 0 Å². The molecule has 0 bridgehead atoms. The van der Waals surface area contributed by atoms with E-state index in [-0.39, 0.29) is 0 Å². The lowest BCUT2D eigenvalue weighted by atomic mass is 10.2. The highest BCUT2D eigenvalue weighted by molar-refractivity contribution is 9.10. The van der Waals surface area contributed by atoms with E-state index in [1.165, 1.54) is 0 Å². The lowest BCUT2D eigenvalue weighted by molar-refractivity contribution is 0.680. The van der Waals surface area contributed by atoms with Gasteiger partial charge in [-0.1, -0.05) is 81.8 Å². The molecule has 3 aromatic carbocycles. The predicted molar refractivity (Wildman–Crippen MR) is 132 cm³/mol. The van der Waals surface area contributed by atoms with Crippen LogP contribution in [0.15, 0.2) is 88.5 Å². The van der Waals surface area contributed by atoms with Crippen molar-refractivity contribution in [2.75, 3.05) is 0 Å². The van der Waals surface area contributed by atoms with Crippen molar-refractivity contribution >= 4 is 50.1 Å². The molecule has 0 N–H and O–H groups in total. The van der Waals surface area contributed by atoms with Crippen LogP contribution in [-0.4, -0.2) is 19.0 Å². The number of halogens is 2. The highest BCUT2D eigenvalue weighted by atomic mass is 79.9. The molecule has 4 nitrogen and oxygen atoms in total.